The van der Waals surface area contributed by atoms with Gasteiger partial charge in [-0.15, -0.1) is 0 Å². The zero-order valence-electron chi connectivity index (χ0n) is 17.6. The third kappa shape index (κ3) is 15.8. The highest BCUT2D eigenvalue weighted by Crippen LogP contribution is 2.16. The molecule has 0 aromatic rings. The van der Waals surface area contributed by atoms with Crippen molar-refractivity contribution in [1.82, 2.24) is 21.3 Å². The highest BCUT2D eigenvalue weighted by Gasteiger charge is 2.23. The average molecular weight is 412 g/mol. The highest BCUT2D eigenvalue weighted by atomic mass is 16.5. The summed E-state index contributed by atoms with van der Waals surface area (Å²) in [5.41, 5.74) is 15.4. The Kier molecular flexibility index (Phi) is 12.8. The summed E-state index contributed by atoms with van der Waals surface area (Å²) in [6, 6.07) is -0.663. The maximum atomic E-state index is 11.8. The van der Waals surface area contributed by atoms with E-state index in [1.54, 1.807) is 0 Å². The molecule has 4 amide bonds. The molecule has 13 nitrogen and oxygen atoms in total. The Labute approximate surface area is 170 Å². The summed E-state index contributed by atoms with van der Waals surface area (Å²) in [6.07, 6.45) is 1.19. The van der Waals surface area contributed by atoms with Crippen LogP contribution in [-0.4, -0.2) is 62.5 Å². The van der Waals surface area contributed by atoms with Crippen LogP contribution < -0.4 is 21.3 Å². The molecular formula is C16H32N10O3. The zero-order chi connectivity index (χ0) is 22.2. The number of urea groups is 2. The van der Waals surface area contributed by atoms with E-state index in [1.807, 2.05) is 27.7 Å². The monoisotopic (exact) mass is 412 g/mol. The van der Waals surface area contributed by atoms with Gasteiger partial charge >= 0.3 is 12.1 Å². The molecule has 164 valence electrons. The standard InChI is InChI=1S/C16H32N10O3/c1-15(2,24-14(28)21-9-11-23-26-18)6-12-29-16(3,4)5-7-19-13(27)20-8-10-22-25-17/h5-12H2,1-4H3,(H2,19,20,27)(H2,21,24,28). The van der Waals surface area contributed by atoms with Crippen molar-refractivity contribution in [2.45, 2.75) is 51.7 Å². The van der Waals surface area contributed by atoms with Crippen molar-refractivity contribution in [2.24, 2.45) is 10.2 Å². The lowest BCUT2D eigenvalue weighted by molar-refractivity contribution is -0.0292. The first kappa shape index (κ1) is 26.1. The van der Waals surface area contributed by atoms with Gasteiger partial charge in [-0.05, 0) is 51.6 Å². The minimum absolute atomic E-state index is 0.196. The second kappa shape index (κ2) is 14.2. The normalized spacial score (nSPS) is 10.9. The molecule has 0 aromatic carbocycles. The molecule has 0 rings (SSSR count). The van der Waals surface area contributed by atoms with Crippen LogP contribution in [-0.2, 0) is 4.74 Å². The third-order valence-electron chi connectivity index (χ3n) is 3.81. The molecule has 29 heavy (non-hydrogen) atoms. The van der Waals surface area contributed by atoms with Gasteiger partial charge in [-0.3, -0.25) is 0 Å². The Hall–Kier alpha value is -2.88. The fraction of sp³-hybridized carbons (Fsp3) is 0.875. The number of rotatable bonds is 14. The van der Waals surface area contributed by atoms with Crippen molar-refractivity contribution in [3.63, 3.8) is 0 Å². The van der Waals surface area contributed by atoms with Crippen LogP contribution in [0.4, 0.5) is 9.59 Å². The van der Waals surface area contributed by atoms with Crippen molar-refractivity contribution >= 4 is 12.1 Å². The van der Waals surface area contributed by atoms with E-state index >= 15 is 0 Å². The van der Waals surface area contributed by atoms with Crippen LogP contribution in [0, 0.1) is 0 Å². The van der Waals surface area contributed by atoms with Crippen molar-refractivity contribution in [1.29, 1.82) is 0 Å². The molecule has 0 atom stereocenters. The van der Waals surface area contributed by atoms with Gasteiger partial charge in [0.1, 0.15) is 0 Å². The van der Waals surface area contributed by atoms with Crippen LogP contribution in [0.2, 0.25) is 0 Å². The molecule has 13 heteroatoms. The Bertz CT molecular complexity index is 610. The summed E-state index contributed by atoms with van der Waals surface area (Å²) in [5, 5.41) is 17.4. The molecule has 0 aliphatic rings. The lowest BCUT2D eigenvalue weighted by atomic mass is 10.0. The lowest BCUT2D eigenvalue weighted by Gasteiger charge is -2.30. The number of amides is 4. The Morgan fingerprint density at radius 1 is 0.862 bits per heavy atom. The molecule has 0 aromatic heterocycles. The molecule has 0 heterocycles. The number of carbonyl (C=O) groups is 2. The van der Waals surface area contributed by atoms with Gasteiger partial charge in [-0.1, -0.05) is 10.2 Å². The fourth-order valence-corrected chi connectivity index (χ4v) is 2.14. The molecule has 0 aliphatic heterocycles. The molecular weight excluding hydrogens is 380 g/mol. The third-order valence-corrected chi connectivity index (χ3v) is 3.81. The van der Waals surface area contributed by atoms with Crippen molar-refractivity contribution in [3.8, 4) is 0 Å². The first-order valence-corrected chi connectivity index (χ1v) is 9.35. The van der Waals surface area contributed by atoms with Gasteiger partial charge in [0.25, 0.3) is 0 Å². The number of nitrogens with zero attached hydrogens (tertiary/aromatic N) is 6. The van der Waals surface area contributed by atoms with E-state index in [4.69, 9.17) is 15.8 Å². The van der Waals surface area contributed by atoms with Crippen LogP contribution in [0.25, 0.3) is 20.9 Å². The van der Waals surface area contributed by atoms with E-state index in [2.05, 4.69) is 41.3 Å². The van der Waals surface area contributed by atoms with Crippen LogP contribution in [0.1, 0.15) is 40.5 Å². The number of hydrogen-bond donors (Lipinski definition) is 4. The maximum Gasteiger partial charge on any atom is 0.315 e. The van der Waals surface area contributed by atoms with Crippen LogP contribution >= 0.6 is 0 Å². The van der Waals surface area contributed by atoms with Gasteiger partial charge in [-0.25, -0.2) is 9.59 Å². The molecule has 0 aliphatic carbocycles. The summed E-state index contributed by atoms with van der Waals surface area (Å²) < 4.78 is 5.90. The minimum atomic E-state index is -0.483. The van der Waals surface area contributed by atoms with E-state index in [0.717, 1.165) is 0 Å². The number of carbonyl (C=O) groups excluding carboxylic acids is 2. The fourth-order valence-electron chi connectivity index (χ4n) is 2.14. The first-order valence-electron chi connectivity index (χ1n) is 9.35. The number of ether oxygens (including phenoxy) is 1. The molecule has 0 fully saturated rings. The molecule has 0 saturated heterocycles. The van der Waals surface area contributed by atoms with Gasteiger partial charge in [0, 0.05) is 54.7 Å². The van der Waals surface area contributed by atoms with E-state index in [-0.39, 0.29) is 38.2 Å². The average Bonchev–Trinajstić information content (AvgIpc) is 2.61. The molecule has 0 radical (unpaired) electrons. The Morgan fingerprint density at radius 3 is 1.93 bits per heavy atom. The van der Waals surface area contributed by atoms with E-state index in [9.17, 15) is 9.59 Å². The predicted octanol–water partition coefficient (Wildman–Crippen LogP) is 2.56. The van der Waals surface area contributed by atoms with E-state index in [0.29, 0.717) is 26.0 Å². The van der Waals surface area contributed by atoms with Crippen molar-refractivity contribution in [3.05, 3.63) is 20.9 Å². The number of nitrogens with one attached hydrogen (secondary N) is 4. The van der Waals surface area contributed by atoms with Crippen LogP contribution in [0.3, 0.4) is 0 Å². The summed E-state index contributed by atoms with van der Waals surface area (Å²) in [6.45, 7) is 9.42. The van der Waals surface area contributed by atoms with Crippen LogP contribution in [0.5, 0.6) is 0 Å². The molecule has 0 spiro atoms. The predicted molar refractivity (Wildman–Crippen MR) is 109 cm³/mol. The molecule has 0 bridgehead atoms. The van der Waals surface area contributed by atoms with Crippen molar-refractivity contribution in [2.75, 3.05) is 39.3 Å². The quantitative estimate of drug-likeness (QED) is 0.148. The van der Waals surface area contributed by atoms with Crippen molar-refractivity contribution < 1.29 is 14.3 Å². The first-order chi connectivity index (χ1) is 13.6. The summed E-state index contributed by atoms with van der Waals surface area (Å²) in [7, 11) is 0. The molecule has 4 N–H and O–H groups in total. The number of azide groups is 2. The largest absolute Gasteiger partial charge is 0.375 e. The smallest absolute Gasteiger partial charge is 0.315 e. The van der Waals surface area contributed by atoms with Gasteiger partial charge in [0.15, 0.2) is 0 Å². The van der Waals surface area contributed by atoms with Gasteiger partial charge in [-0.2, -0.15) is 0 Å². The second-order valence-corrected chi connectivity index (χ2v) is 7.46. The molecule has 0 unspecified atom stereocenters. The number of hydrogen-bond acceptors (Lipinski definition) is 5. The molecule has 0 saturated carbocycles. The second-order valence-electron chi connectivity index (χ2n) is 7.46. The highest BCUT2D eigenvalue weighted by molar-refractivity contribution is 5.74. The lowest BCUT2D eigenvalue weighted by Crippen LogP contribution is -2.49. The van der Waals surface area contributed by atoms with E-state index in [1.165, 1.54) is 0 Å². The minimum Gasteiger partial charge on any atom is -0.375 e. The van der Waals surface area contributed by atoms with Crippen LogP contribution in [0.15, 0.2) is 10.2 Å². The topological polar surface area (TPSA) is 189 Å². The summed E-state index contributed by atoms with van der Waals surface area (Å²) in [4.78, 5) is 28.6. The van der Waals surface area contributed by atoms with Gasteiger partial charge < -0.3 is 26.0 Å². The van der Waals surface area contributed by atoms with Gasteiger partial charge in [0.2, 0.25) is 0 Å². The summed E-state index contributed by atoms with van der Waals surface area (Å²) in [5.74, 6) is 0. The Morgan fingerprint density at radius 2 is 1.38 bits per heavy atom. The zero-order valence-corrected chi connectivity index (χ0v) is 17.6. The Balaban J connectivity index is 4.05. The summed E-state index contributed by atoms with van der Waals surface area (Å²) >= 11 is 0. The maximum absolute atomic E-state index is 11.8. The van der Waals surface area contributed by atoms with Gasteiger partial charge in [0.05, 0.1) is 5.60 Å². The van der Waals surface area contributed by atoms with E-state index < -0.39 is 11.1 Å². The SMILES string of the molecule is CC(C)(CCOC(C)(C)CCNC(=O)NCCN=[N+]=[N-])NC(=O)NCCN=[N+]=[N-].